The zero-order valence-electron chi connectivity index (χ0n) is 13.4. The topological polar surface area (TPSA) is 18.5 Å². The Labute approximate surface area is 124 Å². The highest BCUT2D eigenvalue weighted by molar-refractivity contribution is 5.23. The molecule has 3 nitrogen and oxygen atoms in total. The third-order valence-electron chi connectivity index (χ3n) is 4.51. The van der Waals surface area contributed by atoms with Gasteiger partial charge in [-0.3, -0.25) is 0 Å². The molecule has 1 N–H and O–H groups in total. The van der Waals surface area contributed by atoms with Gasteiger partial charge in [-0.1, -0.05) is 29.8 Å². The lowest BCUT2D eigenvalue weighted by Crippen LogP contribution is -2.52. The van der Waals surface area contributed by atoms with E-state index in [2.05, 4.69) is 67.4 Å². The second kappa shape index (κ2) is 7.21. The summed E-state index contributed by atoms with van der Waals surface area (Å²) < 4.78 is 0. The number of piperazine rings is 1. The number of aryl methyl sites for hydroxylation is 1. The van der Waals surface area contributed by atoms with Crippen LogP contribution >= 0.6 is 0 Å². The van der Waals surface area contributed by atoms with Crippen LogP contribution in [-0.4, -0.2) is 62.7 Å². The second-order valence-electron chi connectivity index (χ2n) is 6.31. The molecule has 1 fully saturated rings. The minimum atomic E-state index is 0.552. The molecule has 0 saturated carbocycles. The molecule has 0 spiro atoms. The molecule has 2 unspecified atom stereocenters. The van der Waals surface area contributed by atoms with E-state index in [0.717, 1.165) is 6.42 Å². The van der Waals surface area contributed by atoms with E-state index in [4.69, 9.17) is 0 Å². The van der Waals surface area contributed by atoms with Crippen molar-refractivity contribution in [3.05, 3.63) is 35.4 Å². The van der Waals surface area contributed by atoms with Crippen molar-refractivity contribution in [1.82, 2.24) is 15.1 Å². The zero-order chi connectivity index (χ0) is 14.5. The van der Waals surface area contributed by atoms with Gasteiger partial charge < -0.3 is 15.1 Å². The van der Waals surface area contributed by atoms with Crippen molar-refractivity contribution in [3.63, 3.8) is 0 Å². The summed E-state index contributed by atoms with van der Waals surface area (Å²) >= 11 is 0. The summed E-state index contributed by atoms with van der Waals surface area (Å²) in [7, 11) is 6.58. The number of hydrogen-bond donors (Lipinski definition) is 1. The third kappa shape index (κ3) is 4.30. The average Bonchev–Trinajstić information content (AvgIpc) is 2.42. The molecule has 0 amide bonds. The summed E-state index contributed by atoms with van der Waals surface area (Å²) in [5, 5.41) is 3.51. The largest absolute Gasteiger partial charge is 0.317 e. The predicted octanol–water partition coefficient (Wildman–Crippen LogP) is 1.76. The molecular formula is C17H29N3. The lowest BCUT2D eigenvalue weighted by atomic mass is 9.97. The van der Waals surface area contributed by atoms with Crippen molar-refractivity contribution in [2.45, 2.75) is 31.8 Å². The van der Waals surface area contributed by atoms with Gasteiger partial charge in [0.05, 0.1) is 0 Å². The summed E-state index contributed by atoms with van der Waals surface area (Å²) in [4.78, 5) is 4.96. The molecular weight excluding hydrogens is 246 g/mol. The zero-order valence-corrected chi connectivity index (χ0v) is 13.4. The first-order valence-corrected chi connectivity index (χ1v) is 7.70. The van der Waals surface area contributed by atoms with E-state index < -0.39 is 0 Å². The Balaban J connectivity index is 1.94. The third-order valence-corrected chi connectivity index (χ3v) is 4.51. The normalized spacial score (nSPS) is 22.9. The Morgan fingerprint density at radius 1 is 1.30 bits per heavy atom. The smallest absolute Gasteiger partial charge is 0.0235 e. The summed E-state index contributed by atoms with van der Waals surface area (Å²) in [6.07, 6.45) is 2.33. The van der Waals surface area contributed by atoms with Gasteiger partial charge in [0, 0.05) is 31.7 Å². The first-order valence-electron chi connectivity index (χ1n) is 7.70. The second-order valence-corrected chi connectivity index (χ2v) is 6.31. The molecule has 3 heteroatoms. The van der Waals surface area contributed by atoms with Crippen molar-refractivity contribution < 1.29 is 0 Å². The van der Waals surface area contributed by atoms with Crippen LogP contribution in [0.5, 0.6) is 0 Å². The van der Waals surface area contributed by atoms with Crippen LogP contribution < -0.4 is 5.32 Å². The van der Waals surface area contributed by atoms with E-state index in [9.17, 15) is 0 Å². The van der Waals surface area contributed by atoms with E-state index in [1.54, 1.807) is 0 Å². The Morgan fingerprint density at radius 2 is 2.10 bits per heavy atom. The molecule has 1 heterocycles. The Bertz CT molecular complexity index is 418. The van der Waals surface area contributed by atoms with Gasteiger partial charge in [0.2, 0.25) is 0 Å². The van der Waals surface area contributed by atoms with Gasteiger partial charge in [0.25, 0.3) is 0 Å². The lowest BCUT2D eigenvalue weighted by molar-refractivity contribution is 0.102. The molecule has 2 atom stereocenters. The number of nitrogens with one attached hydrogen (secondary N) is 1. The summed E-state index contributed by atoms with van der Waals surface area (Å²) in [6, 6.07) is 10.1. The lowest BCUT2D eigenvalue weighted by Gasteiger charge is -2.39. The van der Waals surface area contributed by atoms with Crippen LogP contribution in [0.15, 0.2) is 24.3 Å². The SMILES string of the molecule is CNC(Cc1cccc(C)c1)CC1CN(C)CCN1C. The first-order chi connectivity index (χ1) is 9.58. The molecule has 1 aromatic rings. The van der Waals surface area contributed by atoms with E-state index in [1.807, 2.05) is 0 Å². The van der Waals surface area contributed by atoms with E-state index >= 15 is 0 Å². The minimum Gasteiger partial charge on any atom is -0.317 e. The van der Waals surface area contributed by atoms with Crippen LogP contribution in [0.2, 0.25) is 0 Å². The van der Waals surface area contributed by atoms with E-state index in [-0.39, 0.29) is 0 Å². The number of likely N-dealkylation sites (N-methyl/N-ethyl adjacent to an activating group) is 3. The molecule has 20 heavy (non-hydrogen) atoms. The average molecular weight is 275 g/mol. The van der Waals surface area contributed by atoms with Crippen LogP contribution in [0.1, 0.15) is 17.5 Å². The molecule has 0 bridgehead atoms. The highest BCUT2D eigenvalue weighted by Crippen LogP contribution is 2.15. The molecule has 0 radical (unpaired) electrons. The number of hydrogen-bond acceptors (Lipinski definition) is 3. The molecule has 1 saturated heterocycles. The number of rotatable bonds is 5. The van der Waals surface area contributed by atoms with Gasteiger partial charge in [-0.15, -0.1) is 0 Å². The van der Waals surface area contributed by atoms with Gasteiger partial charge in [-0.25, -0.2) is 0 Å². The Morgan fingerprint density at radius 3 is 2.80 bits per heavy atom. The molecule has 1 aromatic carbocycles. The van der Waals surface area contributed by atoms with E-state index in [0.29, 0.717) is 12.1 Å². The van der Waals surface area contributed by atoms with E-state index in [1.165, 1.54) is 37.2 Å². The fourth-order valence-corrected chi connectivity index (χ4v) is 3.11. The molecule has 2 rings (SSSR count). The van der Waals surface area contributed by atoms with Crippen LogP contribution in [0, 0.1) is 6.92 Å². The monoisotopic (exact) mass is 275 g/mol. The molecule has 0 aliphatic carbocycles. The van der Waals surface area contributed by atoms with Crippen molar-refractivity contribution >= 4 is 0 Å². The van der Waals surface area contributed by atoms with Gasteiger partial charge in [-0.2, -0.15) is 0 Å². The maximum absolute atomic E-state index is 3.51. The maximum atomic E-state index is 3.51. The minimum absolute atomic E-state index is 0.552. The fourth-order valence-electron chi connectivity index (χ4n) is 3.11. The molecule has 0 aromatic heterocycles. The van der Waals surface area contributed by atoms with Crippen LogP contribution in [0.25, 0.3) is 0 Å². The van der Waals surface area contributed by atoms with Gasteiger partial charge in [-0.05, 0) is 46.5 Å². The summed E-state index contributed by atoms with van der Waals surface area (Å²) in [5.74, 6) is 0. The molecule has 112 valence electrons. The fraction of sp³-hybridized carbons (Fsp3) is 0.647. The van der Waals surface area contributed by atoms with Crippen molar-refractivity contribution in [2.24, 2.45) is 0 Å². The van der Waals surface area contributed by atoms with Crippen molar-refractivity contribution in [1.29, 1.82) is 0 Å². The Kier molecular flexibility index (Phi) is 5.58. The van der Waals surface area contributed by atoms with Crippen molar-refractivity contribution in [3.8, 4) is 0 Å². The summed E-state index contributed by atoms with van der Waals surface area (Å²) in [6.45, 7) is 5.72. The highest BCUT2D eigenvalue weighted by Gasteiger charge is 2.24. The Hall–Kier alpha value is -0.900. The predicted molar refractivity (Wildman–Crippen MR) is 86.3 cm³/mol. The first kappa shape index (κ1) is 15.5. The highest BCUT2D eigenvalue weighted by atomic mass is 15.3. The van der Waals surface area contributed by atoms with Crippen LogP contribution in [0.3, 0.4) is 0 Å². The summed E-state index contributed by atoms with van der Waals surface area (Å²) in [5.41, 5.74) is 2.79. The van der Waals surface area contributed by atoms with Crippen molar-refractivity contribution in [2.75, 3.05) is 40.8 Å². The molecule has 1 aliphatic rings. The van der Waals surface area contributed by atoms with Crippen LogP contribution in [-0.2, 0) is 6.42 Å². The quantitative estimate of drug-likeness (QED) is 0.883. The molecule has 1 aliphatic heterocycles. The maximum Gasteiger partial charge on any atom is 0.0235 e. The van der Waals surface area contributed by atoms with Gasteiger partial charge in [0.1, 0.15) is 0 Å². The number of nitrogens with zero attached hydrogens (tertiary/aromatic N) is 2. The standard InChI is InChI=1S/C17H29N3/c1-14-6-5-7-15(10-14)11-16(18-2)12-17-13-19(3)8-9-20(17)4/h5-7,10,16-18H,8-9,11-13H2,1-4H3. The number of benzene rings is 1. The van der Waals surface area contributed by atoms with Gasteiger partial charge >= 0.3 is 0 Å². The van der Waals surface area contributed by atoms with Gasteiger partial charge in [0.15, 0.2) is 0 Å². The van der Waals surface area contributed by atoms with Crippen LogP contribution in [0.4, 0.5) is 0 Å².